The number of fused-ring (bicyclic) bond motifs is 1. The highest BCUT2D eigenvalue weighted by Crippen LogP contribution is 2.40. The molecule has 1 nitrogen and oxygen atoms in total. The third kappa shape index (κ3) is 3.16. The maximum absolute atomic E-state index is 13.2. The first-order valence-electron chi connectivity index (χ1n) is 8.39. The van der Waals surface area contributed by atoms with E-state index in [0.717, 1.165) is 13.0 Å². The van der Waals surface area contributed by atoms with Crippen molar-refractivity contribution in [3.05, 3.63) is 65.5 Å². The van der Waals surface area contributed by atoms with E-state index in [4.69, 9.17) is 0 Å². The van der Waals surface area contributed by atoms with Crippen LogP contribution in [0.25, 0.3) is 0 Å². The number of rotatable bonds is 6. The van der Waals surface area contributed by atoms with Crippen LogP contribution < -0.4 is 4.90 Å². The van der Waals surface area contributed by atoms with Gasteiger partial charge in [0.2, 0.25) is 0 Å². The summed E-state index contributed by atoms with van der Waals surface area (Å²) in [6, 6.07) is 16.0. The van der Waals surface area contributed by atoms with Crippen molar-refractivity contribution in [3.63, 3.8) is 0 Å². The van der Waals surface area contributed by atoms with Crippen molar-refractivity contribution >= 4 is 5.69 Å². The summed E-state index contributed by atoms with van der Waals surface area (Å²) in [5, 5.41) is 0. The molecule has 1 aliphatic rings. The van der Waals surface area contributed by atoms with Crippen LogP contribution in [0, 0.1) is 5.82 Å². The predicted octanol–water partition coefficient (Wildman–Crippen LogP) is 5.51. The van der Waals surface area contributed by atoms with Crippen LogP contribution in [-0.2, 0) is 6.42 Å². The zero-order valence-corrected chi connectivity index (χ0v) is 13.3. The summed E-state index contributed by atoms with van der Waals surface area (Å²) >= 11 is 0. The number of anilines is 1. The number of benzene rings is 2. The molecule has 0 bridgehead atoms. The van der Waals surface area contributed by atoms with Gasteiger partial charge in [0.15, 0.2) is 0 Å². The van der Waals surface area contributed by atoms with E-state index in [1.807, 2.05) is 12.1 Å². The Morgan fingerprint density at radius 1 is 1.00 bits per heavy atom. The quantitative estimate of drug-likeness (QED) is 0.635. The largest absolute Gasteiger partial charge is 0.364 e. The van der Waals surface area contributed by atoms with E-state index < -0.39 is 0 Å². The molecule has 2 aromatic rings. The maximum Gasteiger partial charge on any atom is 0.123 e. The van der Waals surface area contributed by atoms with Gasteiger partial charge in [-0.3, -0.25) is 0 Å². The molecular formula is C20H24FN. The van der Waals surface area contributed by atoms with Gasteiger partial charge in [-0.05, 0) is 42.2 Å². The van der Waals surface area contributed by atoms with Gasteiger partial charge < -0.3 is 4.90 Å². The van der Waals surface area contributed by atoms with Gasteiger partial charge >= 0.3 is 0 Å². The van der Waals surface area contributed by atoms with E-state index in [9.17, 15) is 4.39 Å². The van der Waals surface area contributed by atoms with Gasteiger partial charge in [-0.15, -0.1) is 0 Å². The Kier molecular flexibility index (Phi) is 4.77. The zero-order chi connectivity index (χ0) is 15.4. The lowest BCUT2D eigenvalue weighted by Gasteiger charge is -2.28. The fraction of sp³-hybridized carbons (Fsp3) is 0.400. The Morgan fingerprint density at radius 3 is 2.55 bits per heavy atom. The van der Waals surface area contributed by atoms with Crippen molar-refractivity contribution in [1.82, 2.24) is 0 Å². The van der Waals surface area contributed by atoms with Crippen molar-refractivity contribution in [3.8, 4) is 0 Å². The SMILES string of the molecule is CCCCCCN1c2ccccc2CC1c1ccc(F)cc1. The molecule has 1 heterocycles. The normalized spacial score (nSPS) is 16.8. The lowest BCUT2D eigenvalue weighted by atomic mass is 10.0. The molecule has 2 heteroatoms. The van der Waals surface area contributed by atoms with Gasteiger partial charge in [0.25, 0.3) is 0 Å². The van der Waals surface area contributed by atoms with E-state index in [1.54, 1.807) is 12.1 Å². The molecule has 0 N–H and O–H groups in total. The molecule has 116 valence electrons. The molecular weight excluding hydrogens is 273 g/mol. The fourth-order valence-corrected chi connectivity index (χ4v) is 3.42. The number of hydrogen-bond donors (Lipinski definition) is 0. The number of halogens is 1. The van der Waals surface area contributed by atoms with Crippen molar-refractivity contribution in [2.75, 3.05) is 11.4 Å². The molecule has 1 atom stereocenters. The molecule has 0 radical (unpaired) electrons. The first-order valence-corrected chi connectivity index (χ1v) is 8.39. The van der Waals surface area contributed by atoms with Crippen molar-refractivity contribution in [1.29, 1.82) is 0 Å². The molecule has 3 rings (SSSR count). The number of unbranched alkanes of at least 4 members (excludes halogenated alkanes) is 3. The molecule has 0 saturated heterocycles. The minimum atomic E-state index is -0.159. The molecule has 0 aromatic heterocycles. The third-order valence-electron chi connectivity index (χ3n) is 4.60. The van der Waals surface area contributed by atoms with E-state index in [2.05, 4.69) is 36.1 Å². The van der Waals surface area contributed by atoms with Crippen molar-refractivity contribution < 1.29 is 4.39 Å². The van der Waals surface area contributed by atoms with Crippen LogP contribution in [0.4, 0.5) is 10.1 Å². The molecule has 22 heavy (non-hydrogen) atoms. The standard InChI is InChI=1S/C20H24FN/c1-2-3-4-7-14-22-19-9-6-5-8-17(19)15-20(22)16-10-12-18(21)13-11-16/h5-6,8-13,20H,2-4,7,14-15H2,1H3. The molecule has 1 aliphatic heterocycles. The molecule has 0 saturated carbocycles. The summed E-state index contributed by atoms with van der Waals surface area (Å²) in [4.78, 5) is 2.51. The van der Waals surface area contributed by atoms with Gasteiger partial charge in [0.1, 0.15) is 5.82 Å². The summed E-state index contributed by atoms with van der Waals surface area (Å²) in [6.45, 7) is 3.32. The van der Waals surface area contributed by atoms with E-state index in [1.165, 1.54) is 42.5 Å². The van der Waals surface area contributed by atoms with E-state index in [0.29, 0.717) is 6.04 Å². The minimum absolute atomic E-state index is 0.159. The molecule has 0 spiro atoms. The highest BCUT2D eigenvalue weighted by Gasteiger charge is 2.29. The molecule has 2 aromatic carbocycles. The van der Waals surface area contributed by atoms with Crippen LogP contribution in [0.15, 0.2) is 48.5 Å². The Labute approximate surface area is 132 Å². The molecule has 0 aliphatic carbocycles. The topological polar surface area (TPSA) is 3.24 Å². The average Bonchev–Trinajstić information content (AvgIpc) is 2.91. The van der Waals surface area contributed by atoms with Crippen molar-refractivity contribution in [2.45, 2.75) is 45.1 Å². The second-order valence-electron chi connectivity index (χ2n) is 6.15. The summed E-state index contributed by atoms with van der Waals surface area (Å²) in [5.41, 5.74) is 3.98. The number of para-hydroxylation sites is 1. The summed E-state index contributed by atoms with van der Waals surface area (Å²) in [6.07, 6.45) is 6.09. The number of nitrogens with zero attached hydrogens (tertiary/aromatic N) is 1. The second kappa shape index (κ2) is 6.95. The van der Waals surface area contributed by atoms with Crippen molar-refractivity contribution in [2.24, 2.45) is 0 Å². The highest BCUT2D eigenvalue weighted by atomic mass is 19.1. The van der Waals surface area contributed by atoms with Gasteiger partial charge in [-0.2, -0.15) is 0 Å². The van der Waals surface area contributed by atoms with Crippen LogP contribution in [0.1, 0.15) is 49.8 Å². The number of hydrogen-bond acceptors (Lipinski definition) is 1. The van der Waals surface area contributed by atoms with Crippen LogP contribution in [0.3, 0.4) is 0 Å². The highest BCUT2D eigenvalue weighted by molar-refractivity contribution is 5.60. The lowest BCUT2D eigenvalue weighted by Crippen LogP contribution is -2.26. The molecule has 0 fully saturated rings. The minimum Gasteiger partial charge on any atom is -0.364 e. The van der Waals surface area contributed by atoms with Crippen LogP contribution in [-0.4, -0.2) is 6.54 Å². The Hall–Kier alpha value is -1.83. The van der Waals surface area contributed by atoms with E-state index in [-0.39, 0.29) is 5.82 Å². The second-order valence-corrected chi connectivity index (χ2v) is 6.15. The Bertz CT molecular complexity index is 605. The van der Waals surface area contributed by atoms with Crippen LogP contribution in [0.2, 0.25) is 0 Å². The summed E-state index contributed by atoms with van der Waals surface area (Å²) < 4.78 is 13.2. The van der Waals surface area contributed by atoms with Gasteiger partial charge in [-0.25, -0.2) is 4.39 Å². The van der Waals surface area contributed by atoms with Crippen LogP contribution in [0.5, 0.6) is 0 Å². The fourth-order valence-electron chi connectivity index (χ4n) is 3.42. The monoisotopic (exact) mass is 297 g/mol. The van der Waals surface area contributed by atoms with E-state index >= 15 is 0 Å². The lowest BCUT2D eigenvalue weighted by molar-refractivity contribution is 0.595. The smallest absolute Gasteiger partial charge is 0.123 e. The maximum atomic E-state index is 13.2. The zero-order valence-electron chi connectivity index (χ0n) is 13.3. The van der Waals surface area contributed by atoms with Crippen LogP contribution >= 0.6 is 0 Å². The first kappa shape index (κ1) is 15.1. The van der Waals surface area contributed by atoms with Gasteiger partial charge in [0.05, 0.1) is 6.04 Å². The van der Waals surface area contributed by atoms with Gasteiger partial charge in [-0.1, -0.05) is 56.5 Å². The first-order chi connectivity index (χ1) is 10.8. The summed E-state index contributed by atoms with van der Waals surface area (Å²) in [5.74, 6) is -0.159. The molecule has 1 unspecified atom stereocenters. The average molecular weight is 297 g/mol. The van der Waals surface area contributed by atoms with Gasteiger partial charge in [0, 0.05) is 12.2 Å². The summed E-state index contributed by atoms with van der Waals surface area (Å²) in [7, 11) is 0. The molecule has 0 amide bonds. The predicted molar refractivity (Wildman–Crippen MR) is 90.8 cm³/mol. The third-order valence-corrected chi connectivity index (χ3v) is 4.60. The Morgan fingerprint density at radius 2 is 1.77 bits per heavy atom. The Balaban J connectivity index is 1.80.